The Morgan fingerprint density at radius 3 is 2.29 bits per heavy atom. The second-order valence-corrected chi connectivity index (χ2v) is 7.01. The van der Waals surface area contributed by atoms with Gasteiger partial charge < -0.3 is 26.7 Å². The minimum Gasteiger partial charge on any atom is -0.397 e. The van der Waals surface area contributed by atoms with Crippen molar-refractivity contribution in [2.75, 3.05) is 31.7 Å². The molecule has 2 aromatic rings. The van der Waals surface area contributed by atoms with Crippen molar-refractivity contribution in [3.8, 4) is 0 Å². The molecular formula is C21H27N5O2. The van der Waals surface area contributed by atoms with Crippen LogP contribution in [0.5, 0.6) is 0 Å². The predicted molar refractivity (Wildman–Crippen MR) is 113 cm³/mol. The second-order valence-electron chi connectivity index (χ2n) is 7.01. The molecule has 0 unspecified atom stereocenters. The van der Waals surface area contributed by atoms with Crippen molar-refractivity contribution in [2.45, 2.75) is 19.4 Å². The van der Waals surface area contributed by atoms with Crippen LogP contribution < -0.4 is 16.4 Å². The standard InChI is InChI=1S/C21H27N5O2/c1-14(24-20(27)13-26(2)3)12-18(23)15-8-10-16(11-9-15)21(28)25-19-7-5-4-6-17(19)22/h4-11,14,23H,12-13,22H2,1-3H3,(H,24,27)(H,25,28)/t14-/m0/s1. The first-order valence-corrected chi connectivity index (χ1v) is 9.04. The molecule has 0 aromatic heterocycles. The molecule has 0 aliphatic rings. The molecule has 0 fully saturated rings. The molecule has 2 rings (SSSR count). The van der Waals surface area contributed by atoms with Gasteiger partial charge in [0.05, 0.1) is 17.9 Å². The highest BCUT2D eigenvalue weighted by Gasteiger charge is 2.13. The van der Waals surface area contributed by atoms with Crippen LogP contribution >= 0.6 is 0 Å². The lowest BCUT2D eigenvalue weighted by molar-refractivity contribution is -0.122. The molecule has 0 saturated carbocycles. The number of anilines is 2. The zero-order valence-electron chi connectivity index (χ0n) is 16.5. The summed E-state index contributed by atoms with van der Waals surface area (Å²) in [5.41, 5.74) is 8.50. The third-order valence-electron chi connectivity index (χ3n) is 4.08. The SMILES string of the molecule is C[C@@H](CC(=N)c1ccc(C(=O)Nc2ccccc2N)cc1)NC(=O)CN(C)C. The number of para-hydroxylation sites is 2. The van der Waals surface area contributed by atoms with Crippen LogP contribution in [0.2, 0.25) is 0 Å². The topological polar surface area (TPSA) is 111 Å². The molecule has 7 nitrogen and oxygen atoms in total. The monoisotopic (exact) mass is 381 g/mol. The number of rotatable bonds is 8. The van der Waals surface area contributed by atoms with Gasteiger partial charge in [0.25, 0.3) is 5.91 Å². The van der Waals surface area contributed by atoms with Gasteiger partial charge >= 0.3 is 0 Å². The van der Waals surface area contributed by atoms with Crippen molar-refractivity contribution < 1.29 is 9.59 Å². The van der Waals surface area contributed by atoms with Crippen LogP contribution in [0.3, 0.4) is 0 Å². The summed E-state index contributed by atoms with van der Waals surface area (Å²) >= 11 is 0. The summed E-state index contributed by atoms with van der Waals surface area (Å²) < 4.78 is 0. The van der Waals surface area contributed by atoms with E-state index in [1.165, 1.54) is 0 Å². The largest absolute Gasteiger partial charge is 0.397 e. The number of benzene rings is 2. The average molecular weight is 381 g/mol. The van der Waals surface area contributed by atoms with Crippen molar-refractivity contribution in [1.29, 1.82) is 5.41 Å². The summed E-state index contributed by atoms with van der Waals surface area (Å²) in [7, 11) is 3.66. The van der Waals surface area contributed by atoms with Crippen molar-refractivity contribution in [3.05, 3.63) is 59.7 Å². The Morgan fingerprint density at radius 2 is 1.68 bits per heavy atom. The Hall–Kier alpha value is -3.19. The fourth-order valence-electron chi connectivity index (χ4n) is 2.71. The van der Waals surface area contributed by atoms with Gasteiger partial charge in [0.1, 0.15) is 0 Å². The van der Waals surface area contributed by atoms with Crippen molar-refractivity contribution in [1.82, 2.24) is 10.2 Å². The van der Waals surface area contributed by atoms with Gasteiger partial charge in [0, 0.05) is 23.7 Å². The van der Waals surface area contributed by atoms with Crippen LogP contribution in [0.1, 0.15) is 29.3 Å². The maximum atomic E-state index is 12.4. The molecule has 7 heteroatoms. The first-order valence-electron chi connectivity index (χ1n) is 9.04. The van der Waals surface area contributed by atoms with Gasteiger partial charge in [-0.05, 0) is 50.8 Å². The summed E-state index contributed by atoms with van der Waals surface area (Å²) in [5, 5.41) is 13.9. The maximum absolute atomic E-state index is 12.4. The molecule has 2 aromatic carbocycles. The highest BCUT2D eigenvalue weighted by Crippen LogP contribution is 2.18. The third-order valence-corrected chi connectivity index (χ3v) is 4.08. The Balaban J connectivity index is 1.94. The van der Waals surface area contributed by atoms with E-state index in [0.717, 1.165) is 0 Å². The van der Waals surface area contributed by atoms with Crippen LogP contribution in [-0.4, -0.2) is 49.1 Å². The number of carbonyl (C=O) groups is 2. The van der Waals surface area contributed by atoms with E-state index in [1.54, 1.807) is 53.4 Å². The summed E-state index contributed by atoms with van der Waals surface area (Å²) in [5.74, 6) is -0.335. The Kier molecular flexibility index (Phi) is 7.28. The Morgan fingerprint density at radius 1 is 1.07 bits per heavy atom. The number of carbonyl (C=O) groups excluding carboxylic acids is 2. The molecule has 148 valence electrons. The van der Waals surface area contributed by atoms with Crippen molar-refractivity contribution in [2.24, 2.45) is 0 Å². The van der Waals surface area contributed by atoms with Crippen LogP contribution in [-0.2, 0) is 4.79 Å². The maximum Gasteiger partial charge on any atom is 0.255 e. The van der Waals surface area contributed by atoms with E-state index in [-0.39, 0.29) is 17.9 Å². The minimum atomic E-state index is -0.264. The zero-order valence-corrected chi connectivity index (χ0v) is 16.5. The number of nitrogens with zero attached hydrogens (tertiary/aromatic N) is 1. The lowest BCUT2D eigenvalue weighted by atomic mass is 10.0. The number of nitrogens with two attached hydrogens (primary N) is 1. The Labute approximate surface area is 165 Å². The van der Waals surface area contributed by atoms with E-state index in [9.17, 15) is 9.59 Å². The number of amides is 2. The van der Waals surface area contributed by atoms with E-state index in [4.69, 9.17) is 11.1 Å². The summed E-state index contributed by atoms with van der Waals surface area (Å²) in [6.45, 7) is 2.18. The van der Waals surface area contributed by atoms with Gasteiger partial charge in [-0.25, -0.2) is 0 Å². The fraction of sp³-hybridized carbons (Fsp3) is 0.286. The van der Waals surface area contributed by atoms with Gasteiger partial charge in [-0.3, -0.25) is 9.59 Å². The van der Waals surface area contributed by atoms with Crippen LogP contribution in [0, 0.1) is 5.41 Å². The van der Waals surface area contributed by atoms with Gasteiger partial charge in [-0.15, -0.1) is 0 Å². The van der Waals surface area contributed by atoms with E-state index in [0.29, 0.717) is 41.2 Å². The molecule has 2 amide bonds. The highest BCUT2D eigenvalue weighted by molar-refractivity contribution is 6.06. The second kappa shape index (κ2) is 9.66. The van der Waals surface area contributed by atoms with E-state index < -0.39 is 0 Å². The first-order chi connectivity index (χ1) is 13.3. The molecule has 0 heterocycles. The quantitative estimate of drug-likeness (QED) is 0.415. The minimum absolute atomic E-state index is 0.0718. The van der Waals surface area contributed by atoms with E-state index in [1.807, 2.05) is 21.0 Å². The van der Waals surface area contributed by atoms with Crippen molar-refractivity contribution >= 4 is 28.9 Å². The van der Waals surface area contributed by atoms with Gasteiger partial charge in [-0.2, -0.15) is 0 Å². The van der Waals surface area contributed by atoms with E-state index in [2.05, 4.69) is 10.6 Å². The van der Waals surface area contributed by atoms with Crippen molar-refractivity contribution in [3.63, 3.8) is 0 Å². The lowest BCUT2D eigenvalue weighted by Crippen LogP contribution is -2.39. The molecular weight excluding hydrogens is 354 g/mol. The van der Waals surface area contributed by atoms with Crippen LogP contribution in [0.4, 0.5) is 11.4 Å². The molecule has 0 saturated heterocycles. The molecule has 28 heavy (non-hydrogen) atoms. The molecule has 0 bridgehead atoms. The number of likely N-dealkylation sites (N-methyl/N-ethyl adjacent to an activating group) is 1. The summed E-state index contributed by atoms with van der Waals surface area (Å²) in [6.07, 6.45) is 0.408. The molecule has 5 N–H and O–H groups in total. The van der Waals surface area contributed by atoms with Gasteiger partial charge in [0.15, 0.2) is 0 Å². The summed E-state index contributed by atoms with van der Waals surface area (Å²) in [6, 6.07) is 13.7. The smallest absolute Gasteiger partial charge is 0.255 e. The lowest BCUT2D eigenvalue weighted by Gasteiger charge is -2.16. The van der Waals surface area contributed by atoms with Crippen LogP contribution in [0.25, 0.3) is 0 Å². The predicted octanol–water partition coefficient (Wildman–Crippen LogP) is 2.35. The molecule has 1 atom stereocenters. The number of hydrogen-bond donors (Lipinski definition) is 4. The third kappa shape index (κ3) is 6.21. The molecule has 0 radical (unpaired) electrons. The average Bonchev–Trinajstić information content (AvgIpc) is 2.62. The summed E-state index contributed by atoms with van der Waals surface area (Å²) in [4.78, 5) is 26.0. The first kappa shape index (κ1) is 21.1. The van der Waals surface area contributed by atoms with E-state index >= 15 is 0 Å². The number of hydrogen-bond acceptors (Lipinski definition) is 5. The Bertz CT molecular complexity index is 846. The van der Waals surface area contributed by atoms with Gasteiger partial charge in [-0.1, -0.05) is 24.3 Å². The van der Waals surface area contributed by atoms with Crippen LogP contribution in [0.15, 0.2) is 48.5 Å². The molecule has 0 aliphatic heterocycles. The number of nitrogens with one attached hydrogen (secondary N) is 3. The highest BCUT2D eigenvalue weighted by atomic mass is 16.2. The van der Waals surface area contributed by atoms with Gasteiger partial charge in [0.2, 0.25) is 5.91 Å². The fourth-order valence-corrected chi connectivity index (χ4v) is 2.71. The number of nitrogen functional groups attached to an aromatic ring is 1. The zero-order chi connectivity index (χ0) is 20.7. The normalized spacial score (nSPS) is 11.7. The molecule has 0 aliphatic carbocycles. The molecule has 0 spiro atoms.